The van der Waals surface area contributed by atoms with Gasteiger partial charge in [0.1, 0.15) is 5.82 Å². The van der Waals surface area contributed by atoms with E-state index in [1.165, 1.54) is 0 Å². The number of amides is 1. The van der Waals surface area contributed by atoms with Crippen LogP contribution in [0.4, 0.5) is 0 Å². The second-order valence-electron chi connectivity index (χ2n) is 7.50. The lowest BCUT2D eigenvalue weighted by Crippen LogP contribution is -2.32. The normalized spacial score (nSPS) is 11.3. The van der Waals surface area contributed by atoms with Gasteiger partial charge >= 0.3 is 0 Å². The van der Waals surface area contributed by atoms with Crippen LogP contribution in [0.15, 0.2) is 53.3 Å². The van der Waals surface area contributed by atoms with Crippen LogP contribution in [-0.2, 0) is 13.0 Å². The molecule has 0 bridgehead atoms. The molecule has 4 rings (SSSR count). The van der Waals surface area contributed by atoms with Crippen molar-refractivity contribution in [1.29, 1.82) is 0 Å². The molecule has 2 aromatic carbocycles. The molecule has 0 saturated carbocycles. The lowest BCUT2D eigenvalue weighted by molar-refractivity contribution is 0.0732. The smallest absolute Gasteiger partial charge is 0.294 e. The lowest BCUT2D eigenvalue weighted by atomic mass is 10.1. The summed E-state index contributed by atoms with van der Waals surface area (Å²) in [4.78, 5) is 30.3. The van der Waals surface area contributed by atoms with E-state index in [4.69, 9.17) is 0 Å². The fourth-order valence-corrected chi connectivity index (χ4v) is 3.75. The van der Waals surface area contributed by atoms with Crippen molar-refractivity contribution in [1.82, 2.24) is 24.5 Å². The predicted octanol–water partition coefficient (Wildman–Crippen LogP) is 2.55. The van der Waals surface area contributed by atoms with Gasteiger partial charge in [0.05, 0.1) is 11.0 Å². The Morgan fingerprint density at radius 2 is 1.97 bits per heavy atom. The van der Waals surface area contributed by atoms with Crippen LogP contribution in [0.25, 0.3) is 16.7 Å². The molecular formula is C23H25N5O3. The summed E-state index contributed by atoms with van der Waals surface area (Å²) in [5.41, 5.74) is 2.71. The molecule has 0 unspecified atom stereocenters. The summed E-state index contributed by atoms with van der Waals surface area (Å²) in [6.07, 6.45) is 2.07. The highest BCUT2D eigenvalue weighted by Gasteiger charge is 2.18. The number of benzene rings is 2. The molecule has 1 amide bonds. The molecule has 31 heavy (non-hydrogen) atoms. The third-order valence-electron chi connectivity index (χ3n) is 5.23. The zero-order valence-corrected chi connectivity index (χ0v) is 17.4. The summed E-state index contributed by atoms with van der Waals surface area (Å²) in [6, 6.07) is 15.0. The van der Waals surface area contributed by atoms with Crippen LogP contribution in [0.3, 0.4) is 0 Å². The maximum Gasteiger partial charge on any atom is 0.294 e. The second kappa shape index (κ2) is 9.09. The SMILES string of the molecule is CCCc1nnc2c(=O)[nH]c3cc(C(=O)N(CCCO)Cc4ccccc4)ccc3n12. The molecule has 0 fully saturated rings. The quantitative estimate of drug-likeness (QED) is 0.457. The number of aliphatic hydroxyl groups is 1. The van der Waals surface area contributed by atoms with Crippen LogP contribution in [0.2, 0.25) is 0 Å². The Bertz CT molecular complexity index is 1260. The molecule has 0 radical (unpaired) electrons. The van der Waals surface area contributed by atoms with E-state index < -0.39 is 0 Å². The molecule has 2 aromatic heterocycles. The Balaban J connectivity index is 1.73. The average Bonchev–Trinajstić information content (AvgIpc) is 3.21. The third-order valence-corrected chi connectivity index (χ3v) is 5.23. The summed E-state index contributed by atoms with van der Waals surface area (Å²) < 4.78 is 1.76. The number of carbonyl (C=O) groups is 1. The van der Waals surface area contributed by atoms with Crippen molar-refractivity contribution < 1.29 is 9.90 Å². The molecule has 0 spiro atoms. The van der Waals surface area contributed by atoms with Crippen LogP contribution in [0, 0.1) is 0 Å². The second-order valence-corrected chi connectivity index (χ2v) is 7.50. The van der Waals surface area contributed by atoms with Gasteiger partial charge in [-0.2, -0.15) is 0 Å². The van der Waals surface area contributed by atoms with Crippen molar-refractivity contribution in [3.05, 3.63) is 75.8 Å². The maximum atomic E-state index is 13.3. The molecule has 0 aliphatic carbocycles. The van der Waals surface area contributed by atoms with Crippen LogP contribution >= 0.6 is 0 Å². The number of aliphatic hydroxyl groups excluding tert-OH is 1. The number of carbonyl (C=O) groups excluding carboxylic acids is 1. The van der Waals surface area contributed by atoms with Crippen molar-refractivity contribution in [3.63, 3.8) is 0 Å². The monoisotopic (exact) mass is 419 g/mol. The van der Waals surface area contributed by atoms with Gasteiger partial charge in [-0.1, -0.05) is 37.3 Å². The van der Waals surface area contributed by atoms with Gasteiger partial charge < -0.3 is 15.0 Å². The van der Waals surface area contributed by atoms with Gasteiger partial charge in [0.25, 0.3) is 11.5 Å². The van der Waals surface area contributed by atoms with Gasteiger partial charge in [0, 0.05) is 31.7 Å². The van der Waals surface area contributed by atoms with E-state index in [0.717, 1.165) is 23.3 Å². The summed E-state index contributed by atoms with van der Waals surface area (Å²) in [7, 11) is 0. The molecule has 0 aliphatic rings. The molecule has 8 nitrogen and oxygen atoms in total. The molecule has 0 atom stereocenters. The minimum absolute atomic E-state index is 0.00935. The van der Waals surface area contributed by atoms with E-state index in [2.05, 4.69) is 15.2 Å². The molecule has 0 aliphatic heterocycles. The molecule has 8 heteroatoms. The third kappa shape index (κ3) is 4.20. The van der Waals surface area contributed by atoms with Gasteiger partial charge in [-0.05, 0) is 36.6 Å². The number of aryl methyl sites for hydroxylation is 1. The molecular weight excluding hydrogens is 394 g/mol. The van der Waals surface area contributed by atoms with Crippen LogP contribution in [0.1, 0.15) is 41.5 Å². The van der Waals surface area contributed by atoms with Crippen LogP contribution in [0.5, 0.6) is 0 Å². The van der Waals surface area contributed by atoms with Crippen LogP contribution in [-0.4, -0.2) is 48.6 Å². The number of nitrogens with one attached hydrogen (secondary N) is 1. The van der Waals surface area contributed by atoms with Gasteiger partial charge in [0.2, 0.25) is 5.65 Å². The Labute approximate surface area is 179 Å². The van der Waals surface area contributed by atoms with E-state index in [1.807, 2.05) is 43.3 Å². The summed E-state index contributed by atoms with van der Waals surface area (Å²) >= 11 is 0. The first-order valence-electron chi connectivity index (χ1n) is 10.5. The first-order chi connectivity index (χ1) is 15.1. The van der Waals surface area contributed by atoms with Crippen molar-refractivity contribution >= 4 is 22.6 Å². The molecule has 4 aromatic rings. The molecule has 160 valence electrons. The number of aromatic nitrogens is 4. The Kier molecular flexibility index (Phi) is 6.08. The van der Waals surface area contributed by atoms with Gasteiger partial charge in [0.15, 0.2) is 0 Å². The summed E-state index contributed by atoms with van der Waals surface area (Å²) in [5.74, 6) is 0.569. The fourth-order valence-electron chi connectivity index (χ4n) is 3.75. The summed E-state index contributed by atoms with van der Waals surface area (Å²) in [5, 5.41) is 17.4. The zero-order valence-electron chi connectivity index (χ0n) is 17.4. The predicted molar refractivity (Wildman–Crippen MR) is 118 cm³/mol. The first kappa shape index (κ1) is 20.7. The standard InChI is InChI=1S/C23H25N5O3/c1-2-7-20-25-26-21-22(30)24-18-14-17(10-11-19(18)28(20)21)23(31)27(12-6-13-29)15-16-8-4-3-5-9-16/h3-5,8-11,14,29H,2,6-7,12-13,15H2,1H3,(H,24,30). The highest BCUT2D eigenvalue weighted by molar-refractivity contribution is 5.97. The highest BCUT2D eigenvalue weighted by Crippen LogP contribution is 2.18. The number of rotatable bonds is 8. The van der Waals surface area contributed by atoms with Crippen molar-refractivity contribution in [2.75, 3.05) is 13.2 Å². The van der Waals surface area contributed by atoms with E-state index in [0.29, 0.717) is 37.0 Å². The van der Waals surface area contributed by atoms with Crippen LogP contribution < -0.4 is 5.56 Å². The largest absolute Gasteiger partial charge is 0.396 e. The Morgan fingerprint density at radius 3 is 2.71 bits per heavy atom. The Morgan fingerprint density at radius 1 is 1.16 bits per heavy atom. The van der Waals surface area contributed by atoms with Crippen molar-refractivity contribution in [3.8, 4) is 0 Å². The van der Waals surface area contributed by atoms with E-state index >= 15 is 0 Å². The number of aromatic amines is 1. The number of fused-ring (bicyclic) bond motifs is 3. The topological polar surface area (TPSA) is 104 Å². The summed E-state index contributed by atoms with van der Waals surface area (Å²) in [6.45, 7) is 2.93. The molecule has 0 saturated heterocycles. The van der Waals surface area contributed by atoms with Gasteiger partial charge in [-0.15, -0.1) is 10.2 Å². The zero-order chi connectivity index (χ0) is 21.8. The van der Waals surface area contributed by atoms with Gasteiger partial charge in [-0.25, -0.2) is 0 Å². The number of hydrogen-bond acceptors (Lipinski definition) is 5. The number of hydrogen-bond donors (Lipinski definition) is 2. The molecule has 2 heterocycles. The minimum Gasteiger partial charge on any atom is -0.396 e. The number of H-pyrrole nitrogens is 1. The highest BCUT2D eigenvalue weighted by atomic mass is 16.3. The first-order valence-corrected chi connectivity index (χ1v) is 10.5. The fraction of sp³-hybridized carbons (Fsp3) is 0.304. The lowest BCUT2D eigenvalue weighted by Gasteiger charge is -2.23. The van der Waals surface area contributed by atoms with Crippen molar-refractivity contribution in [2.24, 2.45) is 0 Å². The van der Waals surface area contributed by atoms with E-state index in [9.17, 15) is 14.7 Å². The Hall–Kier alpha value is -3.52. The molecule has 2 N–H and O–H groups in total. The number of nitrogens with zero attached hydrogens (tertiary/aromatic N) is 4. The van der Waals surface area contributed by atoms with E-state index in [-0.39, 0.29) is 23.7 Å². The van der Waals surface area contributed by atoms with Gasteiger partial charge in [-0.3, -0.25) is 14.0 Å². The maximum absolute atomic E-state index is 13.3. The minimum atomic E-state index is -0.339. The van der Waals surface area contributed by atoms with Crippen molar-refractivity contribution in [2.45, 2.75) is 32.7 Å². The van der Waals surface area contributed by atoms with E-state index in [1.54, 1.807) is 21.4 Å². The average molecular weight is 419 g/mol.